The fourth-order valence-electron chi connectivity index (χ4n) is 6.13. The Morgan fingerprint density at radius 2 is 1.56 bits per heavy atom. The van der Waals surface area contributed by atoms with Crippen molar-refractivity contribution >= 4 is 41.2 Å². The Kier molecular flexibility index (Phi) is 9.32. The number of hydrogen-bond donors (Lipinski definition) is 2. The van der Waals surface area contributed by atoms with E-state index in [1.165, 1.54) is 23.8 Å². The van der Waals surface area contributed by atoms with Crippen molar-refractivity contribution < 1.29 is 33.4 Å². The van der Waals surface area contributed by atoms with Gasteiger partial charge in [-0.25, -0.2) is 9.59 Å². The summed E-state index contributed by atoms with van der Waals surface area (Å²) in [5, 5.41) is 6.73. The predicted octanol–water partition coefficient (Wildman–Crippen LogP) is 5.36. The molecule has 0 aliphatic carbocycles. The topological polar surface area (TPSA) is 123 Å². The minimum atomic E-state index is -1.24. The van der Waals surface area contributed by atoms with Crippen molar-refractivity contribution in [1.29, 1.82) is 0 Å². The summed E-state index contributed by atoms with van der Waals surface area (Å²) < 4.78 is 17.5. The van der Waals surface area contributed by atoms with Crippen molar-refractivity contribution in [2.24, 2.45) is 0 Å². The summed E-state index contributed by atoms with van der Waals surface area (Å²) in [6.07, 6.45) is -1.10. The van der Waals surface area contributed by atoms with Crippen LogP contribution in [0.25, 0.3) is 5.57 Å². The van der Waals surface area contributed by atoms with Gasteiger partial charge in [-0.3, -0.25) is 9.59 Å². The van der Waals surface area contributed by atoms with Gasteiger partial charge < -0.3 is 29.7 Å². The molecule has 48 heavy (non-hydrogen) atoms. The van der Waals surface area contributed by atoms with Crippen molar-refractivity contribution in [1.82, 2.24) is 15.5 Å². The number of carbonyl (C=O) groups is 4. The van der Waals surface area contributed by atoms with Gasteiger partial charge in [0.25, 0.3) is 0 Å². The van der Waals surface area contributed by atoms with E-state index >= 15 is 0 Å². The van der Waals surface area contributed by atoms with Crippen molar-refractivity contribution in [3.63, 3.8) is 0 Å². The molecule has 10 nitrogen and oxygen atoms in total. The molecule has 3 aromatic rings. The highest BCUT2D eigenvalue weighted by molar-refractivity contribution is 8.03. The third kappa shape index (κ3) is 6.55. The van der Waals surface area contributed by atoms with Gasteiger partial charge in [0.05, 0.1) is 7.11 Å². The third-order valence-electron chi connectivity index (χ3n) is 8.22. The zero-order valence-electron chi connectivity index (χ0n) is 27.1. The molecule has 248 valence electrons. The summed E-state index contributed by atoms with van der Waals surface area (Å²) in [5.74, 6) is -0.908. The van der Waals surface area contributed by atoms with E-state index in [0.717, 1.165) is 11.1 Å². The monoisotopic (exact) mass is 667 g/mol. The van der Waals surface area contributed by atoms with Crippen LogP contribution in [0.15, 0.2) is 101 Å². The maximum Gasteiger partial charge on any atom is 0.408 e. The van der Waals surface area contributed by atoms with Gasteiger partial charge in [-0.2, -0.15) is 0 Å². The van der Waals surface area contributed by atoms with Crippen molar-refractivity contribution in [3.05, 3.63) is 118 Å². The van der Waals surface area contributed by atoms with E-state index in [1.54, 1.807) is 32.2 Å². The Hall–Kier alpha value is -5.03. The highest BCUT2D eigenvalue weighted by Gasteiger charge is 2.57. The van der Waals surface area contributed by atoms with E-state index in [9.17, 15) is 19.2 Å². The molecule has 0 aromatic heterocycles. The van der Waals surface area contributed by atoms with Gasteiger partial charge in [0.1, 0.15) is 22.8 Å². The number of esters is 1. The Morgan fingerprint density at radius 3 is 2.15 bits per heavy atom. The van der Waals surface area contributed by atoms with Crippen LogP contribution in [0.1, 0.15) is 50.0 Å². The number of β-lactam (4-membered cyclic amide) rings is 1. The molecule has 3 aliphatic heterocycles. The van der Waals surface area contributed by atoms with E-state index in [4.69, 9.17) is 14.2 Å². The second kappa shape index (κ2) is 13.6. The first-order chi connectivity index (χ1) is 23.1. The SMILES string of the molecule is COc1ccccc1C(C1=CS[C@@H]2[C@H](NC(=O)OC(C)(C)C)C(=O)N2[C@H]1C(=O)OC(c1ccccc1)c1ccccc1)=C1CCNC1=O. The molecular weight excluding hydrogens is 630 g/mol. The van der Waals surface area contributed by atoms with Crippen molar-refractivity contribution in [2.75, 3.05) is 13.7 Å². The molecule has 2 N–H and O–H groups in total. The third-order valence-corrected chi connectivity index (χ3v) is 9.39. The molecule has 3 amide bonds. The first kappa shape index (κ1) is 32.9. The van der Waals surface area contributed by atoms with E-state index in [0.29, 0.717) is 41.0 Å². The quantitative estimate of drug-likeness (QED) is 0.187. The number of fused-ring (bicyclic) bond motifs is 1. The van der Waals surface area contributed by atoms with Crippen molar-refractivity contribution in [3.8, 4) is 5.75 Å². The molecule has 6 rings (SSSR count). The number of hydrogen-bond acceptors (Lipinski definition) is 8. The molecule has 0 spiro atoms. The molecule has 0 bridgehead atoms. The van der Waals surface area contributed by atoms with Gasteiger partial charge in [-0.15, -0.1) is 11.8 Å². The zero-order valence-corrected chi connectivity index (χ0v) is 27.9. The average molecular weight is 668 g/mol. The van der Waals surface area contributed by atoms with Crippen LogP contribution in [0.4, 0.5) is 4.79 Å². The number of carbonyl (C=O) groups excluding carboxylic acids is 4. The maximum absolute atomic E-state index is 14.7. The fourth-order valence-corrected chi connectivity index (χ4v) is 7.36. The first-order valence-corrected chi connectivity index (χ1v) is 16.6. The van der Waals surface area contributed by atoms with Crippen LogP contribution < -0.4 is 15.4 Å². The lowest BCUT2D eigenvalue weighted by molar-refractivity contribution is -0.164. The number of methoxy groups -OCH3 is 1. The standard InChI is InChI=1S/C37H37N3O7S/c1-37(2,3)47-36(44)39-29-33(42)40-30(35(43)46-31(22-13-7-5-8-14-22)23-15-9-6-10-16-23)26(21-48-34(29)40)28(25-19-20-38-32(25)41)24-17-11-12-18-27(24)45-4/h5-18,21,29-31,34H,19-20H2,1-4H3,(H,38,41)(H,39,44)/t29-,30-,34-/m1/s1. The molecule has 2 fully saturated rings. The van der Waals surface area contributed by atoms with Crippen LogP contribution in [0, 0.1) is 0 Å². The minimum Gasteiger partial charge on any atom is -0.496 e. The lowest BCUT2D eigenvalue weighted by Gasteiger charge is -2.52. The summed E-state index contributed by atoms with van der Waals surface area (Å²) in [6, 6.07) is 23.8. The number of amides is 3. The van der Waals surface area contributed by atoms with E-state index in [-0.39, 0.29) is 5.91 Å². The zero-order chi connectivity index (χ0) is 34.0. The largest absolute Gasteiger partial charge is 0.496 e. The lowest BCUT2D eigenvalue weighted by atomic mass is 9.85. The normalized spacial score (nSPS) is 21.4. The number of rotatable bonds is 8. The predicted molar refractivity (Wildman–Crippen MR) is 182 cm³/mol. The van der Waals surface area contributed by atoms with Crippen LogP contribution in [0.5, 0.6) is 5.75 Å². The average Bonchev–Trinajstić information content (AvgIpc) is 3.51. The van der Waals surface area contributed by atoms with Crippen LogP contribution in [-0.2, 0) is 23.9 Å². The Bertz CT molecular complexity index is 1750. The van der Waals surface area contributed by atoms with Crippen LogP contribution in [-0.4, -0.2) is 65.5 Å². The fraction of sp³-hybridized carbons (Fsp3) is 0.297. The number of ether oxygens (including phenoxy) is 3. The minimum absolute atomic E-state index is 0.262. The number of benzene rings is 3. The molecule has 11 heteroatoms. The summed E-state index contributed by atoms with van der Waals surface area (Å²) in [6.45, 7) is 5.64. The molecular formula is C37H37N3O7S. The summed E-state index contributed by atoms with van der Waals surface area (Å²) in [5.41, 5.74) is 2.75. The number of thioether (sulfide) groups is 1. The van der Waals surface area contributed by atoms with Crippen LogP contribution in [0.3, 0.4) is 0 Å². The molecule has 3 aliphatic rings. The Balaban J connectivity index is 1.45. The van der Waals surface area contributed by atoms with Crippen molar-refractivity contribution in [2.45, 2.75) is 56.4 Å². The number of para-hydroxylation sites is 1. The molecule has 0 saturated carbocycles. The summed E-state index contributed by atoms with van der Waals surface area (Å²) in [7, 11) is 1.54. The number of nitrogens with zero attached hydrogens (tertiary/aromatic N) is 1. The molecule has 0 unspecified atom stereocenters. The van der Waals surface area contributed by atoms with Crippen LogP contribution >= 0.6 is 11.8 Å². The molecule has 2 saturated heterocycles. The van der Waals surface area contributed by atoms with Gasteiger partial charge >= 0.3 is 12.1 Å². The molecule has 0 radical (unpaired) electrons. The summed E-state index contributed by atoms with van der Waals surface area (Å²) in [4.78, 5) is 56.0. The van der Waals surface area contributed by atoms with Gasteiger partial charge in [-0.05, 0) is 49.8 Å². The smallest absolute Gasteiger partial charge is 0.408 e. The highest BCUT2D eigenvalue weighted by Crippen LogP contribution is 2.47. The Labute approximate surface area is 283 Å². The molecule has 3 atom stereocenters. The van der Waals surface area contributed by atoms with E-state index < -0.39 is 47.1 Å². The van der Waals surface area contributed by atoms with Crippen LogP contribution in [0.2, 0.25) is 0 Å². The number of alkyl carbamates (subject to hydrolysis) is 1. The lowest BCUT2D eigenvalue weighted by Crippen LogP contribution is -2.74. The van der Waals surface area contributed by atoms with Gasteiger partial charge in [0.2, 0.25) is 11.8 Å². The maximum atomic E-state index is 14.7. The van der Waals surface area contributed by atoms with E-state index in [1.807, 2.05) is 78.9 Å². The van der Waals surface area contributed by atoms with E-state index in [2.05, 4.69) is 10.6 Å². The molecule has 3 heterocycles. The molecule has 3 aromatic carbocycles. The summed E-state index contributed by atoms with van der Waals surface area (Å²) >= 11 is 1.28. The van der Waals surface area contributed by atoms with Gasteiger partial charge in [0, 0.05) is 28.8 Å². The highest BCUT2D eigenvalue weighted by atomic mass is 32.2. The second-order valence-electron chi connectivity index (χ2n) is 12.6. The first-order valence-electron chi connectivity index (χ1n) is 15.7. The van der Waals surface area contributed by atoms with Gasteiger partial charge in [-0.1, -0.05) is 78.9 Å². The Morgan fingerprint density at radius 1 is 0.938 bits per heavy atom. The second-order valence-corrected chi connectivity index (χ2v) is 13.6. The van der Waals surface area contributed by atoms with Gasteiger partial charge in [0.15, 0.2) is 12.1 Å². The number of nitrogens with one attached hydrogen (secondary N) is 2.